The van der Waals surface area contributed by atoms with E-state index in [0.717, 1.165) is 12.2 Å². The van der Waals surface area contributed by atoms with Crippen LogP contribution in [0, 0.1) is 0 Å². The summed E-state index contributed by atoms with van der Waals surface area (Å²) < 4.78 is 22.2. The molecular formula is C11H19N3O2S. The van der Waals surface area contributed by atoms with E-state index in [1.165, 1.54) is 12.3 Å². The molecular weight excluding hydrogens is 238 g/mol. The molecule has 0 spiro atoms. The topological polar surface area (TPSA) is 85.1 Å². The summed E-state index contributed by atoms with van der Waals surface area (Å²) in [5, 5.41) is 8.32. The van der Waals surface area contributed by atoms with Gasteiger partial charge in [0.2, 0.25) is 10.0 Å². The van der Waals surface area contributed by atoms with E-state index in [1.807, 2.05) is 13.8 Å². The number of nitrogens with zero attached hydrogens (tertiary/aromatic N) is 1. The Morgan fingerprint density at radius 3 is 2.47 bits per heavy atom. The zero-order chi connectivity index (χ0) is 13.1. The molecule has 0 aliphatic rings. The Bertz CT molecular complexity index is 456. The fourth-order valence-electron chi connectivity index (χ4n) is 1.58. The summed E-state index contributed by atoms with van der Waals surface area (Å²) in [5.41, 5.74) is 0.853. The molecule has 96 valence electrons. The first-order valence-electron chi connectivity index (χ1n) is 5.58. The minimum Gasteiger partial charge on any atom is -0.314 e. The van der Waals surface area contributed by atoms with E-state index in [2.05, 4.69) is 17.2 Å². The first-order valence-corrected chi connectivity index (χ1v) is 7.13. The van der Waals surface area contributed by atoms with Crippen LogP contribution < -0.4 is 10.5 Å². The van der Waals surface area contributed by atoms with Crippen LogP contribution in [0.5, 0.6) is 0 Å². The van der Waals surface area contributed by atoms with Crippen molar-refractivity contribution in [2.24, 2.45) is 5.14 Å². The van der Waals surface area contributed by atoms with Crippen molar-refractivity contribution in [1.29, 1.82) is 0 Å². The van der Waals surface area contributed by atoms with Crippen molar-refractivity contribution in [3.63, 3.8) is 0 Å². The lowest BCUT2D eigenvalue weighted by Crippen LogP contribution is -2.31. The number of pyridine rings is 1. The number of aromatic nitrogens is 1. The van der Waals surface area contributed by atoms with Crippen LogP contribution in [0.2, 0.25) is 0 Å². The van der Waals surface area contributed by atoms with E-state index in [4.69, 9.17) is 5.14 Å². The highest BCUT2D eigenvalue weighted by Gasteiger charge is 2.15. The second-order valence-electron chi connectivity index (χ2n) is 4.10. The van der Waals surface area contributed by atoms with E-state index in [-0.39, 0.29) is 16.9 Å². The number of nitrogens with two attached hydrogens (primary N) is 1. The van der Waals surface area contributed by atoms with Crippen LogP contribution in [0.3, 0.4) is 0 Å². The molecule has 0 amide bonds. The highest BCUT2D eigenvalue weighted by atomic mass is 32.2. The second-order valence-corrected chi connectivity index (χ2v) is 5.66. The third-order valence-corrected chi connectivity index (χ3v) is 3.73. The molecule has 0 saturated heterocycles. The molecule has 2 unspecified atom stereocenters. The van der Waals surface area contributed by atoms with E-state index in [0.29, 0.717) is 0 Å². The number of sulfonamides is 1. The molecule has 6 heteroatoms. The third kappa shape index (κ3) is 3.76. The van der Waals surface area contributed by atoms with E-state index in [9.17, 15) is 8.42 Å². The molecule has 0 bridgehead atoms. The standard InChI is InChI=1S/C11H19N3O2S/c1-4-13-9(3)8(2)11-6-5-10(7-14-11)17(12,15)16/h5-9,13H,4H2,1-3H3,(H2,12,15,16). The van der Waals surface area contributed by atoms with Gasteiger partial charge in [-0.2, -0.15) is 0 Å². The van der Waals surface area contributed by atoms with Gasteiger partial charge in [0.05, 0.1) is 0 Å². The number of rotatable bonds is 5. The smallest absolute Gasteiger partial charge is 0.239 e. The van der Waals surface area contributed by atoms with Gasteiger partial charge >= 0.3 is 0 Å². The maximum Gasteiger partial charge on any atom is 0.239 e. The minimum absolute atomic E-state index is 0.0459. The molecule has 0 fully saturated rings. The van der Waals surface area contributed by atoms with Gasteiger partial charge in [-0.05, 0) is 25.6 Å². The van der Waals surface area contributed by atoms with E-state index >= 15 is 0 Å². The van der Waals surface area contributed by atoms with Crippen LogP contribution in [0.25, 0.3) is 0 Å². The minimum atomic E-state index is -3.65. The van der Waals surface area contributed by atoms with Gasteiger partial charge in [-0.15, -0.1) is 0 Å². The Kier molecular flexibility index (Phi) is 4.62. The van der Waals surface area contributed by atoms with Crippen molar-refractivity contribution >= 4 is 10.0 Å². The summed E-state index contributed by atoms with van der Waals surface area (Å²) in [4.78, 5) is 4.20. The van der Waals surface area contributed by atoms with E-state index in [1.54, 1.807) is 6.07 Å². The highest BCUT2D eigenvalue weighted by Crippen LogP contribution is 2.17. The molecule has 5 nitrogen and oxygen atoms in total. The van der Waals surface area contributed by atoms with Crippen molar-refractivity contribution in [3.05, 3.63) is 24.0 Å². The predicted octanol–water partition coefficient (Wildman–Crippen LogP) is 0.831. The van der Waals surface area contributed by atoms with Crippen molar-refractivity contribution < 1.29 is 8.42 Å². The predicted molar refractivity (Wildman–Crippen MR) is 67.2 cm³/mol. The zero-order valence-electron chi connectivity index (χ0n) is 10.3. The molecule has 1 rings (SSSR count). The highest BCUT2D eigenvalue weighted by molar-refractivity contribution is 7.89. The molecule has 1 heterocycles. The maximum absolute atomic E-state index is 11.1. The molecule has 0 aliphatic heterocycles. The number of likely N-dealkylation sites (N-methyl/N-ethyl adjacent to an activating group) is 1. The Morgan fingerprint density at radius 1 is 1.41 bits per heavy atom. The monoisotopic (exact) mass is 257 g/mol. The van der Waals surface area contributed by atoms with Crippen LogP contribution in [0.4, 0.5) is 0 Å². The molecule has 2 atom stereocenters. The van der Waals surface area contributed by atoms with Crippen LogP contribution in [-0.4, -0.2) is 26.0 Å². The molecule has 0 aromatic carbocycles. The van der Waals surface area contributed by atoms with Crippen LogP contribution in [-0.2, 0) is 10.0 Å². The van der Waals surface area contributed by atoms with Gasteiger partial charge in [-0.1, -0.05) is 13.8 Å². The summed E-state index contributed by atoms with van der Waals surface area (Å²) in [7, 11) is -3.65. The lowest BCUT2D eigenvalue weighted by atomic mass is 9.99. The Hall–Kier alpha value is -0.980. The lowest BCUT2D eigenvalue weighted by molar-refractivity contribution is 0.487. The van der Waals surface area contributed by atoms with E-state index < -0.39 is 10.0 Å². The third-order valence-electron chi connectivity index (χ3n) is 2.83. The van der Waals surface area contributed by atoms with Crippen molar-refractivity contribution in [1.82, 2.24) is 10.3 Å². The molecule has 0 saturated carbocycles. The van der Waals surface area contributed by atoms with Gasteiger partial charge < -0.3 is 5.32 Å². The van der Waals surface area contributed by atoms with Crippen LogP contribution >= 0.6 is 0 Å². The van der Waals surface area contributed by atoms with Gasteiger partial charge in [0.25, 0.3) is 0 Å². The fraction of sp³-hybridized carbons (Fsp3) is 0.545. The fourth-order valence-corrected chi connectivity index (χ4v) is 2.04. The van der Waals surface area contributed by atoms with Gasteiger partial charge in [0.1, 0.15) is 4.90 Å². The Balaban J connectivity index is 2.88. The number of hydrogen-bond donors (Lipinski definition) is 2. The molecule has 0 aliphatic carbocycles. The SMILES string of the molecule is CCNC(C)C(C)c1ccc(S(N)(=O)=O)cn1. The summed E-state index contributed by atoms with van der Waals surface area (Å²) in [6.07, 6.45) is 1.31. The van der Waals surface area contributed by atoms with Gasteiger partial charge in [0, 0.05) is 23.9 Å². The first kappa shape index (κ1) is 14.1. The summed E-state index contributed by atoms with van der Waals surface area (Å²) in [6.45, 7) is 7.05. The zero-order valence-corrected chi connectivity index (χ0v) is 11.2. The molecule has 3 N–H and O–H groups in total. The Labute approximate surface area is 102 Å². The Morgan fingerprint density at radius 2 is 2.06 bits per heavy atom. The number of primary sulfonamides is 1. The largest absolute Gasteiger partial charge is 0.314 e. The van der Waals surface area contributed by atoms with Crippen molar-refractivity contribution in [2.75, 3.05) is 6.54 Å². The first-order chi connectivity index (χ1) is 7.86. The summed E-state index contributed by atoms with van der Waals surface area (Å²) >= 11 is 0. The van der Waals surface area contributed by atoms with Gasteiger partial charge in [-0.25, -0.2) is 13.6 Å². The lowest BCUT2D eigenvalue weighted by Gasteiger charge is -2.20. The number of hydrogen-bond acceptors (Lipinski definition) is 4. The van der Waals surface area contributed by atoms with Crippen molar-refractivity contribution in [2.45, 2.75) is 37.6 Å². The molecule has 1 aromatic heterocycles. The second kappa shape index (κ2) is 5.57. The van der Waals surface area contributed by atoms with Crippen LogP contribution in [0.1, 0.15) is 32.4 Å². The van der Waals surface area contributed by atoms with Crippen LogP contribution in [0.15, 0.2) is 23.2 Å². The normalized spacial score (nSPS) is 15.5. The van der Waals surface area contributed by atoms with Gasteiger partial charge in [-0.3, -0.25) is 4.98 Å². The maximum atomic E-state index is 11.1. The van der Waals surface area contributed by atoms with Gasteiger partial charge in [0.15, 0.2) is 0 Å². The summed E-state index contributed by atoms with van der Waals surface area (Å²) in [6, 6.07) is 3.48. The molecule has 1 aromatic rings. The molecule has 17 heavy (non-hydrogen) atoms. The van der Waals surface area contributed by atoms with Crippen molar-refractivity contribution in [3.8, 4) is 0 Å². The average Bonchev–Trinajstić information content (AvgIpc) is 2.27. The summed E-state index contributed by atoms with van der Waals surface area (Å²) in [5.74, 6) is 0.212. The average molecular weight is 257 g/mol. The quantitative estimate of drug-likeness (QED) is 0.818. The number of nitrogens with one attached hydrogen (secondary N) is 1. The molecule has 0 radical (unpaired) electrons.